The summed E-state index contributed by atoms with van der Waals surface area (Å²) in [5.41, 5.74) is 2.09. The summed E-state index contributed by atoms with van der Waals surface area (Å²) in [6.45, 7) is 7.39. The van der Waals surface area contributed by atoms with Crippen LogP contribution in [0, 0.1) is 5.41 Å². The molecule has 4 heteroatoms. The number of methoxy groups -OCH3 is 1. The number of ether oxygens (including phenoxy) is 1. The smallest absolute Gasteiger partial charge is 0.119 e. The van der Waals surface area contributed by atoms with E-state index >= 15 is 0 Å². The SMILES string of the molecule is COc1cccc(-c2cn(CC(C)(C)C)nn2)c1. The molecule has 0 amide bonds. The highest BCUT2D eigenvalue weighted by molar-refractivity contribution is 5.59. The van der Waals surface area contributed by atoms with Gasteiger partial charge in [0.15, 0.2) is 0 Å². The largest absolute Gasteiger partial charge is 0.497 e. The van der Waals surface area contributed by atoms with Crippen LogP contribution in [0.1, 0.15) is 20.8 Å². The summed E-state index contributed by atoms with van der Waals surface area (Å²) in [4.78, 5) is 0. The third-order valence-electron chi connectivity index (χ3n) is 2.54. The minimum Gasteiger partial charge on any atom is -0.497 e. The predicted molar refractivity (Wildman–Crippen MR) is 71.5 cm³/mol. The van der Waals surface area contributed by atoms with Crippen LogP contribution >= 0.6 is 0 Å². The first kappa shape index (κ1) is 12.6. The van der Waals surface area contributed by atoms with E-state index in [1.54, 1.807) is 7.11 Å². The van der Waals surface area contributed by atoms with Crippen LogP contribution in [-0.4, -0.2) is 22.1 Å². The minimum absolute atomic E-state index is 0.194. The van der Waals surface area contributed by atoms with Crippen LogP contribution in [0.3, 0.4) is 0 Å². The highest BCUT2D eigenvalue weighted by Crippen LogP contribution is 2.22. The van der Waals surface area contributed by atoms with Crippen molar-refractivity contribution < 1.29 is 4.74 Å². The Morgan fingerprint density at radius 3 is 2.72 bits per heavy atom. The van der Waals surface area contributed by atoms with Crippen LogP contribution in [0.5, 0.6) is 5.75 Å². The van der Waals surface area contributed by atoms with Crippen LogP contribution in [0.15, 0.2) is 30.5 Å². The number of benzene rings is 1. The van der Waals surface area contributed by atoms with Crippen molar-refractivity contribution in [1.29, 1.82) is 0 Å². The Morgan fingerprint density at radius 1 is 1.28 bits per heavy atom. The standard InChI is InChI=1S/C14H19N3O/c1-14(2,3)10-17-9-13(15-16-17)11-6-5-7-12(8-11)18-4/h5-9H,10H2,1-4H3. The van der Waals surface area contributed by atoms with E-state index in [0.29, 0.717) is 0 Å². The van der Waals surface area contributed by atoms with Gasteiger partial charge in [0.1, 0.15) is 11.4 Å². The molecule has 0 aliphatic heterocycles. The highest BCUT2D eigenvalue weighted by atomic mass is 16.5. The van der Waals surface area contributed by atoms with Gasteiger partial charge in [0.25, 0.3) is 0 Å². The Morgan fingerprint density at radius 2 is 2.06 bits per heavy atom. The summed E-state index contributed by atoms with van der Waals surface area (Å²) < 4.78 is 7.09. The molecule has 4 nitrogen and oxygen atoms in total. The summed E-state index contributed by atoms with van der Waals surface area (Å²) in [6.07, 6.45) is 1.97. The summed E-state index contributed by atoms with van der Waals surface area (Å²) in [7, 11) is 1.66. The van der Waals surface area contributed by atoms with Gasteiger partial charge in [0.05, 0.1) is 13.3 Å². The monoisotopic (exact) mass is 245 g/mol. The molecule has 0 fully saturated rings. The first-order valence-electron chi connectivity index (χ1n) is 6.02. The topological polar surface area (TPSA) is 39.9 Å². The van der Waals surface area contributed by atoms with E-state index in [2.05, 4.69) is 31.1 Å². The van der Waals surface area contributed by atoms with Gasteiger partial charge in [-0.15, -0.1) is 5.10 Å². The van der Waals surface area contributed by atoms with Gasteiger partial charge in [-0.05, 0) is 17.5 Å². The van der Waals surface area contributed by atoms with Crippen molar-refractivity contribution in [2.45, 2.75) is 27.3 Å². The molecule has 96 valence electrons. The molecule has 0 aliphatic carbocycles. The van der Waals surface area contributed by atoms with E-state index < -0.39 is 0 Å². The van der Waals surface area contributed by atoms with Crippen molar-refractivity contribution in [3.8, 4) is 17.0 Å². The zero-order valence-corrected chi connectivity index (χ0v) is 11.3. The van der Waals surface area contributed by atoms with Gasteiger partial charge in [0, 0.05) is 12.1 Å². The molecule has 0 aliphatic rings. The molecular formula is C14H19N3O. The van der Waals surface area contributed by atoms with Crippen LogP contribution in [-0.2, 0) is 6.54 Å². The van der Waals surface area contributed by atoms with Crippen molar-refractivity contribution in [3.63, 3.8) is 0 Å². The first-order valence-corrected chi connectivity index (χ1v) is 6.02. The molecule has 0 bridgehead atoms. The van der Waals surface area contributed by atoms with Gasteiger partial charge in [-0.2, -0.15) is 0 Å². The fourth-order valence-corrected chi connectivity index (χ4v) is 1.78. The molecule has 1 heterocycles. The third-order valence-corrected chi connectivity index (χ3v) is 2.54. The van der Waals surface area contributed by atoms with Crippen molar-refractivity contribution in [3.05, 3.63) is 30.5 Å². The maximum absolute atomic E-state index is 5.21. The minimum atomic E-state index is 0.194. The van der Waals surface area contributed by atoms with Gasteiger partial charge < -0.3 is 4.74 Å². The van der Waals surface area contributed by atoms with E-state index in [1.165, 1.54) is 0 Å². The van der Waals surface area contributed by atoms with E-state index in [0.717, 1.165) is 23.6 Å². The van der Waals surface area contributed by atoms with Gasteiger partial charge in [0.2, 0.25) is 0 Å². The van der Waals surface area contributed by atoms with Crippen molar-refractivity contribution in [2.24, 2.45) is 5.41 Å². The van der Waals surface area contributed by atoms with E-state index in [-0.39, 0.29) is 5.41 Å². The Labute approximate surface area is 108 Å². The maximum Gasteiger partial charge on any atom is 0.119 e. The molecule has 0 saturated heterocycles. The molecule has 18 heavy (non-hydrogen) atoms. The molecule has 0 atom stereocenters. The maximum atomic E-state index is 5.21. The molecular weight excluding hydrogens is 226 g/mol. The van der Waals surface area contributed by atoms with Crippen LogP contribution in [0.4, 0.5) is 0 Å². The fourth-order valence-electron chi connectivity index (χ4n) is 1.78. The summed E-state index contributed by atoms with van der Waals surface area (Å²) >= 11 is 0. The fraction of sp³-hybridized carbons (Fsp3) is 0.429. The first-order chi connectivity index (χ1) is 8.48. The summed E-state index contributed by atoms with van der Waals surface area (Å²) in [5, 5.41) is 8.36. The molecule has 0 unspecified atom stereocenters. The number of hydrogen-bond acceptors (Lipinski definition) is 3. The number of aromatic nitrogens is 3. The highest BCUT2D eigenvalue weighted by Gasteiger charge is 2.13. The Balaban J connectivity index is 2.23. The molecule has 1 aromatic carbocycles. The lowest BCUT2D eigenvalue weighted by atomic mass is 9.97. The van der Waals surface area contributed by atoms with Gasteiger partial charge >= 0.3 is 0 Å². The molecule has 2 rings (SSSR count). The molecule has 0 saturated carbocycles. The Kier molecular flexibility index (Phi) is 3.36. The van der Waals surface area contributed by atoms with Crippen molar-refractivity contribution >= 4 is 0 Å². The third kappa shape index (κ3) is 3.09. The molecule has 1 aromatic heterocycles. The Bertz CT molecular complexity index is 526. The molecule has 0 N–H and O–H groups in total. The predicted octanol–water partition coefficient (Wildman–Crippen LogP) is 3.00. The van der Waals surface area contributed by atoms with Gasteiger partial charge in [-0.1, -0.05) is 38.1 Å². The number of nitrogens with zero attached hydrogens (tertiary/aromatic N) is 3. The Hall–Kier alpha value is -1.84. The molecule has 2 aromatic rings. The van der Waals surface area contributed by atoms with Gasteiger partial charge in [-0.3, -0.25) is 4.68 Å². The lowest BCUT2D eigenvalue weighted by Crippen LogP contribution is -2.15. The van der Waals surface area contributed by atoms with Crippen LogP contribution in [0.25, 0.3) is 11.3 Å². The van der Waals surface area contributed by atoms with Crippen molar-refractivity contribution in [2.75, 3.05) is 7.11 Å². The second kappa shape index (κ2) is 4.80. The van der Waals surface area contributed by atoms with Crippen molar-refractivity contribution in [1.82, 2.24) is 15.0 Å². The van der Waals surface area contributed by atoms with E-state index in [9.17, 15) is 0 Å². The summed E-state index contributed by atoms with van der Waals surface area (Å²) in [6, 6.07) is 7.85. The quantitative estimate of drug-likeness (QED) is 0.834. The second-order valence-electron chi connectivity index (χ2n) is 5.59. The van der Waals surface area contributed by atoms with Gasteiger partial charge in [-0.25, -0.2) is 0 Å². The normalized spacial score (nSPS) is 11.6. The molecule has 0 radical (unpaired) electrons. The lowest BCUT2D eigenvalue weighted by Gasteiger charge is -2.16. The van der Waals surface area contributed by atoms with Crippen LogP contribution in [0.2, 0.25) is 0 Å². The summed E-state index contributed by atoms with van der Waals surface area (Å²) in [5.74, 6) is 0.831. The average molecular weight is 245 g/mol. The zero-order chi connectivity index (χ0) is 13.2. The lowest BCUT2D eigenvalue weighted by molar-refractivity contribution is 0.321. The zero-order valence-electron chi connectivity index (χ0n) is 11.3. The second-order valence-corrected chi connectivity index (χ2v) is 5.59. The average Bonchev–Trinajstić information content (AvgIpc) is 2.75. The number of rotatable bonds is 3. The van der Waals surface area contributed by atoms with Crippen LogP contribution < -0.4 is 4.74 Å². The van der Waals surface area contributed by atoms with E-state index in [1.807, 2.05) is 35.1 Å². The number of hydrogen-bond donors (Lipinski definition) is 0. The van der Waals surface area contributed by atoms with E-state index in [4.69, 9.17) is 4.74 Å². The molecule has 0 spiro atoms.